The first-order valence-corrected chi connectivity index (χ1v) is 8.38. The summed E-state index contributed by atoms with van der Waals surface area (Å²) in [7, 11) is 1.62. The predicted octanol–water partition coefficient (Wildman–Crippen LogP) is 4.08. The van der Waals surface area contributed by atoms with E-state index in [1.807, 2.05) is 18.2 Å². The smallest absolute Gasteiger partial charge is 0.280 e. The molecule has 1 aromatic heterocycles. The summed E-state index contributed by atoms with van der Waals surface area (Å²) in [6, 6.07) is 13.4. The largest absolute Gasteiger partial charge is 0.497 e. The first kappa shape index (κ1) is 16.3. The van der Waals surface area contributed by atoms with Crippen molar-refractivity contribution in [1.29, 1.82) is 0 Å². The number of amides is 1. The number of hydrogen-bond acceptors (Lipinski definition) is 4. The van der Waals surface area contributed by atoms with Crippen molar-refractivity contribution in [1.82, 2.24) is 5.16 Å². The molecule has 0 aliphatic carbocycles. The topological polar surface area (TPSA) is 55.6 Å². The van der Waals surface area contributed by atoms with Gasteiger partial charge >= 0.3 is 0 Å². The molecule has 0 fully saturated rings. The van der Waals surface area contributed by atoms with Gasteiger partial charge in [-0.2, -0.15) is 0 Å². The average Bonchev–Trinajstić information content (AvgIpc) is 3.16. The fraction of sp³-hybridized carbons (Fsp3) is 0.200. The highest BCUT2D eigenvalue weighted by Crippen LogP contribution is 2.32. The first-order chi connectivity index (χ1) is 12.7. The highest BCUT2D eigenvalue weighted by atomic mass is 19.1. The van der Waals surface area contributed by atoms with Crippen molar-refractivity contribution in [2.24, 2.45) is 0 Å². The van der Waals surface area contributed by atoms with Crippen molar-refractivity contribution in [3.05, 3.63) is 65.6 Å². The fourth-order valence-electron chi connectivity index (χ4n) is 3.21. The van der Waals surface area contributed by atoms with E-state index in [-0.39, 0.29) is 22.9 Å². The molecule has 0 bridgehead atoms. The van der Waals surface area contributed by atoms with E-state index < -0.39 is 5.82 Å². The number of methoxy groups -OCH3 is 1. The van der Waals surface area contributed by atoms with Crippen LogP contribution in [-0.2, 0) is 6.42 Å². The minimum atomic E-state index is -0.418. The summed E-state index contributed by atoms with van der Waals surface area (Å²) >= 11 is 0. The molecule has 2 aromatic carbocycles. The molecular weight excluding hydrogens is 335 g/mol. The Morgan fingerprint density at radius 3 is 2.88 bits per heavy atom. The molecule has 1 aliphatic heterocycles. The van der Waals surface area contributed by atoms with E-state index in [0.717, 1.165) is 29.8 Å². The molecule has 0 saturated carbocycles. The quantitative estimate of drug-likeness (QED) is 0.713. The van der Waals surface area contributed by atoms with Crippen LogP contribution < -0.4 is 9.64 Å². The number of hydrogen-bond donors (Lipinski definition) is 0. The second kappa shape index (κ2) is 6.63. The number of ether oxygens (including phenoxy) is 1. The van der Waals surface area contributed by atoms with E-state index in [4.69, 9.17) is 9.26 Å². The summed E-state index contributed by atoms with van der Waals surface area (Å²) in [5, 5.41) is 3.86. The van der Waals surface area contributed by atoms with Crippen LogP contribution in [0.3, 0.4) is 0 Å². The lowest BCUT2D eigenvalue weighted by atomic mass is 10.0. The molecule has 6 heteroatoms. The van der Waals surface area contributed by atoms with Crippen LogP contribution in [0.1, 0.15) is 22.5 Å². The highest BCUT2D eigenvalue weighted by Gasteiger charge is 2.26. The number of halogens is 1. The van der Waals surface area contributed by atoms with E-state index in [1.54, 1.807) is 30.2 Å². The summed E-state index contributed by atoms with van der Waals surface area (Å²) in [6.07, 6.45) is 1.74. The second-order valence-corrected chi connectivity index (χ2v) is 6.11. The lowest BCUT2D eigenvalue weighted by Crippen LogP contribution is -2.35. The van der Waals surface area contributed by atoms with Crippen LogP contribution >= 0.6 is 0 Å². The summed E-state index contributed by atoms with van der Waals surface area (Å²) in [4.78, 5) is 14.6. The maximum atomic E-state index is 13.9. The molecule has 0 atom stereocenters. The first-order valence-electron chi connectivity index (χ1n) is 8.38. The Balaban J connectivity index is 1.65. The number of anilines is 1. The summed E-state index contributed by atoms with van der Waals surface area (Å²) < 4.78 is 24.4. The third kappa shape index (κ3) is 2.83. The number of fused-ring (bicyclic) bond motifs is 1. The molecule has 4 rings (SSSR count). The number of carbonyl (C=O) groups is 1. The van der Waals surface area contributed by atoms with E-state index in [2.05, 4.69) is 5.16 Å². The highest BCUT2D eigenvalue weighted by molar-refractivity contribution is 6.05. The van der Waals surface area contributed by atoms with Crippen molar-refractivity contribution in [2.75, 3.05) is 18.6 Å². The molecule has 3 aromatic rings. The normalized spacial score (nSPS) is 13.4. The van der Waals surface area contributed by atoms with Gasteiger partial charge in [0, 0.05) is 18.3 Å². The van der Waals surface area contributed by atoms with Gasteiger partial charge in [0.15, 0.2) is 11.5 Å². The number of aryl methyl sites for hydroxylation is 1. The minimum absolute atomic E-state index is 0.159. The Bertz CT molecular complexity index is 967. The van der Waals surface area contributed by atoms with Crippen LogP contribution in [0.25, 0.3) is 11.3 Å². The van der Waals surface area contributed by atoms with Crippen molar-refractivity contribution in [3.8, 4) is 17.1 Å². The Kier molecular flexibility index (Phi) is 4.16. The van der Waals surface area contributed by atoms with Crippen LogP contribution in [0.4, 0.5) is 10.1 Å². The molecule has 0 radical (unpaired) electrons. The van der Waals surface area contributed by atoms with Crippen LogP contribution in [0.2, 0.25) is 0 Å². The number of benzene rings is 2. The van der Waals surface area contributed by atoms with Gasteiger partial charge in [0.1, 0.15) is 11.6 Å². The third-order valence-corrected chi connectivity index (χ3v) is 4.52. The zero-order valence-corrected chi connectivity index (χ0v) is 14.2. The van der Waals surface area contributed by atoms with Gasteiger partial charge in [-0.15, -0.1) is 0 Å². The molecule has 0 saturated heterocycles. The van der Waals surface area contributed by atoms with Crippen LogP contribution in [0.15, 0.2) is 53.1 Å². The number of carbonyl (C=O) groups excluding carboxylic acids is 1. The van der Waals surface area contributed by atoms with E-state index in [1.165, 1.54) is 12.1 Å². The van der Waals surface area contributed by atoms with Crippen molar-refractivity contribution in [2.45, 2.75) is 12.8 Å². The van der Waals surface area contributed by atoms with Crippen LogP contribution in [-0.4, -0.2) is 24.7 Å². The molecule has 26 heavy (non-hydrogen) atoms. The van der Waals surface area contributed by atoms with E-state index in [0.29, 0.717) is 6.54 Å². The zero-order chi connectivity index (χ0) is 18.1. The summed E-state index contributed by atoms with van der Waals surface area (Å²) in [5.74, 6) is 0.320. The van der Waals surface area contributed by atoms with Crippen LogP contribution in [0.5, 0.6) is 5.75 Å². The van der Waals surface area contributed by atoms with Gasteiger partial charge in [-0.25, -0.2) is 4.39 Å². The SMILES string of the molecule is COc1ccc2c(c1)CCCN2C(=O)c1cc(-c2ccccc2F)on1. The molecule has 0 spiro atoms. The molecular formula is C20H17FN2O3. The van der Waals surface area contributed by atoms with Crippen molar-refractivity contribution >= 4 is 11.6 Å². The number of aromatic nitrogens is 1. The zero-order valence-electron chi connectivity index (χ0n) is 14.2. The molecule has 1 aliphatic rings. The predicted molar refractivity (Wildman–Crippen MR) is 94.9 cm³/mol. The van der Waals surface area contributed by atoms with Gasteiger partial charge < -0.3 is 14.2 Å². The lowest BCUT2D eigenvalue weighted by Gasteiger charge is -2.29. The van der Waals surface area contributed by atoms with Crippen molar-refractivity contribution in [3.63, 3.8) is 0 Å². The molecule has 0 unspecified atom stereocenters. The Morgan fingerprint density at radius 1 is 1.23 bits per heavy atom. The van der Waals surface area contributed by atoms with Gasteiger partial charge in [-0.3, -0.25) is 4.79 Å². The standard InChI is InChI=1S/C20H17FN2O3/c1-25-14-8-9-18-13(11-14)5-4-10-23(18)20(24)17-12-19(26-22-17)15-6-2-3-7-16(15)21/h2-3,6-9,11-12H,4-5,10H2,1H3. The lowest BCUT2D eigenvalue weighted by molar-refractivity contribution is 0.0976. The Morgan fingerprint density at radius 2 is 2.08 bits per heavy atom. The van der Waals surface area contributed by atoms with Crippen LogP contribution in [0, 0.1) is 5.82 Å². The minimum Gasteiger partial charge on any atom is -0.497 e. The van der Waals surface area contributed by atoms with Gasteiger partial charge in [0.2, 0.25) is 0 Å². The Labute approximate surface area is 150 Å². The van der Waals surface area contributed by atoms with Gasteiger partial charge in [-0.1, -0.05) is 17.3 Å². The van der Waals surface area contributed by atoms with Gasteiger partial charge in [0.25, 0.3) is 5.91 Å². The van der Waals surface area contributed by atoms with E-state index in [9.17, 15) is 9.18 Å². The molecule has 5 nitrogen and oxygen atoms in total. The summed E-state index contributed by atoms with van der Waals surface area (Å²) in [5.41, 5.74) is 2.34. The maximum absolute atomic E-state index is 13.9. The molecule has 1 amide bonds. The number of rotatable bonds is 3. The van der Waals surface area contributed by atoms with Crippen molar-refractivity contribution < 1.29 is 18.4 Å². The monoisotopic (exact) mass is 352 g/mol. The maximum Gasteiger partial charge on any atom is 0.280 e. The Hall–Kier alpha value is -3.15. The average molecular weight is 352 g/mol. The summed E-state index contributed by atoms with van der Waals surface area (Å²) in [6.45, 7) is 0.597. The van der Waals surface area contributed by atoms with E-state index >= 15 is 0 Å². The second-order valence-electron chi connectivity index (χ2n) is 6.11. The molecule has 2 heterocycles. The number of nitrogens with zero attached hydrogens (tertiary/aromatic N) is 2. The van der Waals surface area contributed by atoms with Gasteiger partial charge in [-0.05, 0) is 48.7 Å². The molecule has 0 N–H and O–H groups in total. The fourth-order valence-corrected chi connectivity index (χ4v) is 3.21. The molecule has 132 valence electrons. The van der Waals surface area contributed by atoms with Gasteiger partial charge in [0.05, 0.1) is 12.7 Å². The third-order valence-electron chi connectivity index (χ3n) is 4.52.